The van der Waals surface area contributed by atoms with Crippen LogP contribution in [0.4, 0.5) is 10.5 Å². The highest BCUT2D eigenvalue weighted by atomic mass is 35.5. The minimum Gasteiger partial charge on any atom is -0.443 e. The molecule has 0 radical (unpaired) electrons. The first-order valence-electron chi connectivity index (χ1n) is 5.26. The molecule has 0 saturated carbocycles. The Kier molecular flexibility index (Phi) is 3.49. The Morgan fingerprint density at radius 1 is 1.39 bits per heavy atom. The number of carbonyl (C=O) groups is 1. The van der Waals surface area contributed by atoms with Crippen LogP contribution < -0.4 is 4.90 Å². The van der Waals surface area contributed by atoms with Gasteiger partial charge < -0.3 is 4.74 Å². The molecule has 0 spiro atoms. The smallest absolute Gasteiger partial charge is 0.414 e. The SMILES string of the molecule is CS(=O)(=O)c1ccc(N2C[C@H](CCl)OC2=O)cc1. The van der Waals surface area contributed by atoms with E-state index >= 15 is 0 Å². The summed E-state index contributed by atoms with van der Waals surface area (Å²) in [7, 11) is -3.23. The standard InChI is InChI=1S/C11H12ClNO4S/c1-18(15,16)10-4-2-8(3-5-10)13-7-9(6-12)17-11(13)14/h2-5,9H,6-7H2,1H3/t9-/m0/s1. The lowest BCUT2D eigenvalue weighted by molar-refractivity contribution is 0.151. The van der Waals surface area contributed by atoms with Crippen LogP contribution in [0.3, 0.4) is 0 Å². The molecule has 1 heterocycles. The summed E-state index contributed by atoms with van der Waals surface area (Å²) in [5.74, 6) is 0.240. The Morgan fingerprint density at radius 3 is 2.44 bits per heavy atom. The van der Waals surface area contributed by atoms with Gasteiger partial charge in [-0.05, 0) is 24.3 Å². The second-order valence-corrected chi connectivity index (χ2v) is 6.36. The fourth-order valence-corrected chi connectivity index (χ4v) is 2.48. The maximum atomic E-state index is 11.6. The van der Waals surface area contributed by atoms with E-state index in [1.165, 1.54) is 17.0 Å². The van der Waals surface area contributed by atoms with Crippen molar-refractivity contribution in [2.75, 3.05) is 23.6 Å². The Hall–Kier alpha value is -1.27. The fourth-order valence-electron chi connectivity index (χ4n) is 1.69. The molecule has 0 unspecified atom stereocenters. The van der Waals surface area contributed by atoms with E-state index < -0.39 is 15.9 Å². The second kappa shape index (κ2) is 4.78. The largest absolute Gasteiger partial charge is 0.443 e. The van der Waals surface area contributed by atoms with Crippen molar-refractivity contribution in [2.24, 2.45) is 0 Å². The number of nitrogens with zero attached hydrogens (tertiary/aromatic N) is 1. The summed E-state index contributed by atoms with van der Waals surface area (Å²) < 4.78 is 27.6. The first kappa shape index (κ1) is 13.2. The van der Waals surface area contributed by atoms with E-state index in [4.69, 9.17) is 16.3 Å². The van der Waals surface area contributed by atoms with Crippen molar-refractivity contribution in [1.82, 2.24) is 0 Å². The van der Waals surface area contributed by atoms with Gasteiger partial charge in [-0.15, -0.1) is 11.6 Å². The second-order valence-electron chi connectivity index (χ2n) is 4.04. The number of benzene rings is 1. The van der Waals surface area contributed by atoms with Crippen LogP contribution >= 0.6 is 11.6 Å². The van der Waals surface area contributed by atoms with E-state index in [2.05, 4.69) is 0 Å². The number of amides is 1. The third-order valence-electron chi connectivity index (χ3n) is 2.62. The van der Waals surface area contributed by atoms with Crippen molar-refractivity contribution in [3.63, 3.8) is 0 Å². The number of carbonyl (C=O) groups excluding carboxylic acids is 1. The third kappa shape index (κ3) is 2.59. The predicted octanol–water partition coefficient (Wildman–Crippen LogP) is 1.65. The number of hydrogen-bond acceptors (Lipinski definition) is 4. The lowest BCUT2D eigenvalue weighted by Crippen LogP contribution is -2.24. The molecular formula is C11H12ClNO4S. The first-order chi connectivity index (χ1) is 8.41. The highest BCUT2D eigenvalue weighted by Crippen LogP contribution is 2.23. The van der Waals surface area contributed by atoms with Gasteiger partial charge in [-0.25, -0.2) is 13.2 Å². The van der Waals surface area contributed by atoms with Crippen LogP contribution in [0.25, 0.3) is 0 Å². The van der Waals surface area contributed by atoms with Gasteiger partial charge in [-0.2, -0.15) is 0 Å². The molecule has 1 aliphatic heterocycles. The summed E-state index contributed by atoms with van der Waals surface area (Å²) in [5, 5.41) is 0. The molecular weight excluding hydrogens is 278 g/mol. The van der Waals surface area contributed by atoms with E-state index in [0.717, 1.165) is 6.26 Å². The van der Waals surface area contributed by atoms with E-state index in [9.17, 15) is 13.2 Å². The highest BCUT2D eigenvalue weighted by Gasteiger charge is 2.31. The number of ether oxygens (including phenoxy) is 1. The average molecular weight is 290 g/mol. The Balaban J connectivity index is 2.23. The molecule has 7 heteroatoms. The zero-order valence-electron chi connectivity index (χ0n) is 9.67. The van der Waals surface area contributed by atoms with Crippen molar-refractivity contribution in [2.45, 2.75) is 11.0 Å². The number of rotatable bonds is 3. The van der Waals surface area contributed by atoms with Crippen LogP contribution in [-0.2, 0) is 14.6 Å². The quantitative estimate of drug-likeness (QED) is 0.794. The molecule has 1 aliphatic rings. The number of hydrogen-bond donors (Lipinski definition) is 0. The zero-order valence-corrected chi connectivity index (χ0v) is 11.2. The van der Waals surface area contributed by atoms with Gasteiger partial charge in [-0.3, -0.25) is 4.90 Å². The van der Waals surface area contributed by atoms with E-state index in [1.807, 2.05) is 0 Å². The Bertz CT molecular complexity index is 555. The minimum atomic E-state index is -3.23. The van der Waals surface area contributed by atoms with Crippen molar-refractivity contribution in [3.8, 4) is 0 Å². The molecule has 98 valence electrons. The van der Waals surface area contributed by atoms with Crippen LogP contribution in [0.1, 0.15) is 0 Å². The average Bonchev–Trinajstić information content (AvgIpc) is 2.70. The van der Waals surface area contributed by atoms with Gasteiger partial charge in [0.05, 0.1) is 17.3 Å². The Morgan fingerprint density at radius 2 is 2.00 bits per heavy atom. The van der Waals surface area contributed by atoms with Crippen molar-refractivity contribution in [3.05, 3.63) is 24.3 Å². The summed E-state index contributed by atoms with van der Waals surface area (Å²) in [6, 6.07) is 6.08. The number of alkyl halides is 1. The summed E-state index contributed by atoms with van der Waals surface area (Å²) >= 11 is 5.63. The van der Waals surface area contributed by atoms with Crippen molar-refractivity contribution < 1.29 is 17.9 Å². The first-order valence-corrected chi connectivity index (χ1v) is 7.68. The summed E-state index contributed by atoms with van der Waals surface area (Å²) in [6.45, 7) is 0.376. The summed E-state index contributed by atoms with van der Waals surface area (Å²) in [5.41, 5.74) is 0.597. The maximum Gasteiger partial charge on any atom is 0.414 e. The van der Waals surface area contributed by atoms with Crippen LogP contribution in [0, 0.1) is 0 Å². The molecule has 0 bridgehead atoms. The van der Waals surface area contributed by atoms with Gasteiger partial charge in [0.2, 0.25) is 0 Å². The zero-order chi connectivity index (χ0) is 13.3. The third-order valence-corrected chi connectivity index (χ3v) is 4.10. The van der Waals surface area contributed by atoms with Crippen LogP contribution in [-0.4, -0.2) is 39.3 Å². The molecule has 1 aromatic rings. The summed E-state index contributed by atoms with van der Waals surface area (Å²) in [6.07, 6.45) is 0.344. The molecule has 0 aromatic heterocycles. The predicted molar refractivity (Wildman–Crippen MR) is 67.9 cm³/mol. The minimum absolute atomic E-state index is 0.215. The van der Waals surface area contributed by atoms with Crippen LogP contribution in [0.2, 0.25) is 0 Å². The van der Waals surface area contributed by atoms with Crippen molar-refractivity contribution >= 4 is 33.2 Å². The number of halogens is 1. The lowest BCUT2D eigenvalue weighted by Gasteiger charge is -2.12. The molecule has 1 fully saturated rings. The molecule has 18 heavy (non-hydrogen) atoms. The fraction of sp³-hybridized carbons (Fsp3) is 0.364. The Labute approximate surface area is 110 Å². The molecule has 5 nitrogen and oxygen atoms in total. The molecule has 1 amide bonds. The molecule has 0 aliphatic carbocycles. The van der Waals surface area contributed by atoms with Crippen molar-refractivity contribution in [1.29, 1.82) is 0 Å². The topological polar surface area (TPSA) is 63.7 Å². The van der Waals surface area contributed by atoms with Gasteiger partial charge in [0.1, 0.15) is 6.10 Å². The molecule has 2 rings (SSSR count). The van der Waals surface area contributed by atoms with Crippen LogP contribution in [0.15, 0.2) is 29.2 Å². The molecule has 0 N–H and O–H groups in total. The summed E-state index contributed by atoms with van der Waals surface area (Å²) in [4.78, 5) is 13.2. The molecule has 1 aromatic carbocycles. The van der Waals surface area contributed by atoms with Gasteiger partial charge in [0.25, 0.3) is 0 Å². The van der Waals surface area contributed by atoms with Gasteiger partial charge in [-0.1, -0.05) is 0 Å². The number of cyclic esters (lactones) is 1. The normalized spacial score (nSPS) is 20.0. The van der Waals surface area contributed by atoms with E-state index in [1.54, 1.807) is 12.1 Å². The lowest BCUT2D eigenvalue weighted by atomic mass is 10.3. The van der Waals surface area contributed by atoms with Gasteiger partial charge in [0.15, 0.2) is 9.84 Å². The molecule has 1 saturated heterocycles. The highest BCUT2D eigenvalue weighted by molar-refractivity contribution is 7.90. The monoisotopic (exact) mass is 289 g/mol. The van der Waals surface area contributed by atoms with Gasteiger partial charge in [0, 0.05) is 11.9 Å². The number of anilines is 1. The molecule has 1 atom stereocenters. The maximum absolute atomic E-state index is 11.6. The van der Waals surface area contributed by atoms with Crippen LogP contribution in [0.5, 0.6) is 0 Å². The number of sulfone groups is 1. The van der Waals surface area contributed by atoms with E-state index in [0.29, 0.717) is 12.2 Å². The van der Waals surface area contributed by atoms with E-state index in [-0.39, 0.29) is 16.9 Å². The van der Waals surface area contributed by atoms with Gasteiger partial charge >= 0.3 is 6.09 Å².